The third-order valence-electron chi connectivity index (χ3n) is 6.93. The lowest BCUT2D eigenvalue weighted by atomic mass is 9.86. The van der Waals surface area contributed by atoms with Crippen LogP contribution in [-0.4, -0.2) is 26.4 Å². The highest BCUT2D eigenvalue weighted by Crippen LogP contribution is 2.40. The van der Waals surface area contributed by atoms with E-state index < -0.39 is 0 Å². The molecule has 0 fully saturated rings. The third-order valence-corrected chi connectivity index (χ3v) is 9.06. The number of carbonyl (C=O) groups is 1. The number of hydrogen-bond donors (Lipinski definition) is 1. The molecule has 4 rings (SSSR count). The van der Waals surface area contributed by atoms with Gasteiger partial charge in [0.1, 0.15) is 16.8 Å². The number of benzene rings is 1. The minimum atomic E-state index is -0.289. The number of anilines is 1. The van der Waals surface area contributed by atoms with Crippen LogP contribution < -0.4 is 10.1 Å². The lowest BCUT2D eigenvalue weighted by molar-refractivity contribution is -0.113. The number of nitrogens with zero attached hydrogens (tertiary/aromatic N) is 4. The number of aromatic nitrogens is 3. The van der Waals surface area contributed by atoms with Crippen molar-refractivity contribution >= 4 is 34.0 Å². The molecule has 3 aromatic rings. The molecule has 196 valence electrons. The molecular formula is C28H35N5O2S2. The van der Waals surface area contributed by atoms with E-state index in [0.717, 1.165) is 42.8 Å². The van der Waals surface area contributed by atoms with E-state index in [0.29, 0.717) is 34.1 Å². The zero-order chi connectivity index (χ0) is 26.5. The monoisotopic (exact) mass is 537 g/mol. The number of carbonyl (C=O) groups excluding carboxylic acids is 1. The minimum absolute atomic E-state index is 0.145. The van der Waals surface area contributed by atoms with Crippen molar-refractivity contribution in [3.8, 4) is 11.8 Å². The molecule has 1 N–H and O–H groups in total. The Morgan fingerprint density at radius 2 is 2.03 bits per heavy atom. The molecule has 1 aromatic carbocycles. The Hall–Kier alpha value is -2.83. The van der Waals surface area contributed by atoms with Gasteiger partial charge in [-0.2, -0.15) is 5.26 Å². The van der Waals surface area contributed by atoms with E-state index >= 15 is 0 Å². The van der Waals surface area contributed by atoms with Crippen LogP contribution in [0, 0.1) is 17.2 Å². The zero-order valence-electron chi connectivity index (χ0n) is 22.2. The molecule has 0 spiro atoms. The lowest BCUT2D eigenvalue weighted by Gasteiger charge is -2.20. The van der Waals surface area contributed by atoms with Gasteiger partial charge in [0, 0.05) is 11.4 Å². The number of hydrogen-bond acceptors (Lipinski definition) is 7. The summed E-state index contributed by atoms with van der Waals surface area (Å²) in [5, 5.41) is 22.8. The largest absolute Gasteiger partial charge is 0.483 e. The topological polar surface area (TPSA) is 92.8 Å². The second-order valence-corrected chi connectivity index (χ2v) is 11.8. The Bertz CT molecular complexity index is 1270. The third kappa shape index (κ3) is 6.19. The Balaban J connectivity index is 1.39. The summed E-state index contributed by atoms with van der Waals surface area (Å²) in [5.74, 6) is 2.69. The van der Waals surface area contributed by atoms with E-state index in [1.165, 1.54) is 22.2 Å². The average molecular weight is 538 g/mol. The predicted octanol–water partition coefficient (Wildman–Crippen LogP) is 6.74. The molecule has 0 aliphatic heterocycles. The van der Waals surface area contributed by atoms with Crippen LogP contribution in [0.3, 0.4) is 0 Å². The van der Waals surface area contributed by atoms with E-state index in [2.05, 4.69) is 54.5 Å². The van der Waals surface area contributed by atoms with E-state index in [9.17, 15) is 10.1 Å². The molecule has 7 nitrogen and oxygen atoms in total. The van der Waals surface area contributed by atoms with Gasteiger partial charge in [0.15, 0.2) is 17.1 Å². The number of nitrogens with one attached hydrogen (secondary N) is 1. The van der Waals surface area contributed by atoms with Crippen molar-refractivity contribution in [2.45, 2.75) is 84.0 Å². The first-order valence-corrected chi connectivity index (χ1v) is 14.8. The first-order chi connectivity index (χ1) is 17.8. The molecule has 1 amide bonds. The zero-order valence-corrected chi connectivity index (χ0v) is 23.8. The van der Waals surface area contributed by atoms with Crippen LogP contribution in [0.5, 0.6) is 5.75 Å². The van der Waals surface area contributed by atoms with Crippen LogP contribution in [0.1, 0.15) is 86.9 Å². The minimum Gasteiger partial charge on any atom is -0.483 e. The molecular weight excluding hydrogens is 502 g/mol. The lowest BCUT2D eigenvalue weighted by Crippen LogP contribution is -2.15. The van der Waals surface area contributed by atoms with Gasteiger partial charge in [0.25, 0.3) is 0 Å². The summed E-state index contributed by atoms with van der Waals surface area (Å²) in [6.45, 7) is 11.2. The molecule has 0 saturated heterocycles. The smallest absolute Gasteiger partial charge is 0.235 e. The van der Waals surface area contributed by atoms with Crippen LogP contribution in [0.2, 0.25) is 0 Å². The van der Waals surface area contributed by atoms with Gasteiger partial charge in [0.2, 0.25) is 5.91 Å². The molecule has 37 heavy (non-hydrogen) atoms. The van der Waals surface area contributed by atoms with Gasteiger partial charge >= 0.3 is 0 Å². The van der Waals surface area contributed by atoms with Crippen molar-refractivity contribution in [1.82, 2.24) is 14.8 Å². The van der Waals surface area contributed by atoms with Crippen LogP contribution in [0.25, 0.3) is 0 Å². The summed E-state index contributed by atoms with van der Waals surface area (Å²) in [4.78, 5) is 14.1. The first kappa shape index (κ1) is 27.2. The summed E-state index contributed by atoms with van der Waals surface area (Å²) < 4.78 is 8.12. The van der Waals surface area contributed by atoms with E-state index in [4.69, 9.17) is 4.74 Å². The highest BCUT2D eigenvalue weighted by molar-refractivity contribution is 7.99. The summed E-state index contributed by atoms with van der Waals surface area (Å²) in [5.41, 5.74) is 3.03. The van der Waals surface area contributed by atoms with Crippen molar-refractivity contribution in [2.24, 2.45) is 5.92 Å². The second-order valence-electron chi connectivity index (χ2n) is 9.74. The van der Waals surface area contributed by atoms with Gasteiger partial charge in [-0.25, -0.2) is 0 Å². The van der Waals surface area contributed by atoms with Gasteiger partial charge in [-0.1, -0.05) is 51.1 Å². The maximum absolute atomic E-state index is 12.8. The SMILES string of the molecule is CCC1CCc2c(sc(NC(=O)CSc3nnc(C(C)Oc4ccc(C(C)C)cc4)n3CC)c2C#N)C1. The fourth-order valence-electron chi connectivity index (χ4n) is 4.69. The Kier molecular flexibility index (Phi) is 8.93. The fourth-order valence-corrected chi connectivity index (χ4v) is 6.83. The molecule has 1 aliphatic carbocycles. The van der Waals surface area contributed by atoms with Crippen molar-refractivity contribution in [3.63, 3.8) is 0 Å². The van der Waals surface area contributed by atoms with Gasteiger partial charge in [-0.05, 0) is 68.2 Å². The van der Waals surface area contributed by atoms with E-state index in [1.807, 2.05) is 30.5 Å². The van der Waals surface area contributed by atoms with Crippen molar-refractivity contribution in [1.29, 1.82) is 5.26 Å². The summed E-state index contributed by atoms with van der Waals surface area (Å²) >= 11 is 2.91. The Morgan fingerprint density at radius 1 is 1.27 bits per heavy atom. The normalized spacial score (nSPS) is 15.8. The van der Waals surface area contributed by atoms with Crippen LogP contribution in [0.4, 0.5) is 5.00 Å². The van der Waals surface area contributed by atoms with E-state index in [-0.39, 0.29) is 17.8 Å². The van der Waals surface area contributed by atoms with Gasteiger partial charge in [-0.3, -0.25) is 4.79 Å². The van der Waals surface area contributed by atoms with Crippen molar-refractivity contribution in [3.05, 3.63) is 51.7 Å². The molecule has 0 radical (unpaired) electrons. The number of nitriles is 1. The number of thiophene rings is 1. The predicted molar refractivity (Wildman–Crippen MR) is 149 cm³/mol. The standard InChI is InChI=1S/C28H35N5O2S2/c1-6-19-8-13-22-23(15-29)27(37-24(22)14-19)30-25(34)16-36-28-32-31-26(33(28)7-2)18(5)35-21-11-9-20(10-12-21)17(3)4/h9-12,17-19H,6-8,13-14,16H2,1-5H3,(H,30,34). The maximum atomic E-state index is 12.8. The van der Waals surface area contributed by atoms with Gasteiger partial charge in [0.05, 0.1) is 11.3 Å². The average Bonchev–Trinajstić information content (AvgIpc) is 3.47. The van der Waals surface area contributed by atoms with Crippen LogP contribution >= 0.6 is 23.1 Å². The van der Waals surface area contributed by atoms with Crippen molar-refractivity contribution < 1.29 is 9.53 Å². The quantitative estimate of drug-likeness (QED) is 0.288. The molecule has 2 aromatic heterocycles. The highest BCUT2D eigenvalue weighted by Gasteiger charge is 2.26. The molecule has 1 aliphatic rings. The number of fused-ring (bicyclic) bond motifs is 1. The highest BCUT2D eigenvalue weighted by atomic mass is 32.2. The molecule has 0 saturated carbocycles. The number of amides is 1. The first-order valence-electron chi connectivity index (χ1n) is 13.0. The fraction of sp³-hybridized carbons (Fsp3) is 0.500. The Labute approximate surface area is 227 Å². The summed E-state index contributed by atoms with van der Waals surface area (Å²) in [6.07, 6.45) is 3.88. The molecule has 9 heteroatoms. The molecule has 0 bridgehead atoms. The van der Waals surface area contributed by atoms with Gasteiger partial charge in [-0.15, -0.1) is 21.5 Å². The maximum Gasteiger partial charge on any atom is 0.235 e. The Morgan fingerprint density at radius 3 is 2.68 bits per heavy atom. The van der Waals surface area contributed by atoms with Crippen molar-refractivity contribution in [2.75, 3.05) is 11.1 Å². The molecule has 2 unspecified atom stereocenters. The molecule has 2 atom stereocenters. The van der Waals surface area contributed by atoms with Crippen LogP contribution in [0.15, 0.2) is 29.4 Å². The molecule has 2 heterocycles. The van der Waals surface area contributed by atoms with Crippen LogP contribution in [-0.2, 0) is 24.2 Å². The second kappa shape index (κ2) is 12.1. The number of rotatable bonds is 10. The van der Waals surface area contributed by atoms with E-state index in [1.54, 1.807) is 11.3 Å². The summed E-state index contributed by atoms with van der Waals surface area (Å²) in [6, 6.07) is 10.5. The number of ether oxygens (including phenoxy) is 1. The summed E-state index contributed by atoms with van der Waals surface area (Å²) in [7, 11) is 0. The van der Waals surface area contributed by atoms with Gasteiger partial charge < -0.3 is 14.6 Å². The number of thioether (sulfide) groups is 1.